The van der Waals surface area contributed by atoms with Crippen molar-refractivity contribution in [1.29, 1.82) is 0 Å². The normalized spacial score (nSPS) is 10.3. The van der Waals surface area contributed by atoms with Crippen molar-refractivity contribution >= 4 is 44.3 Å². The second kappa shape index (κ2) is 6.71. The molecule has 0 aliphatic carbocycles. The summed E-state index contributed by atoms with van der Waals surface area (Å²) in [6.07, 6.45) is 0. The second-order valence-electron chi connectivity index (χ2n) is 4.05. The standard InChI is InChI=1S/C13H14BrN3O2S/c1-2-15-10-4-3-5-11(13(10)17(18)19)16-8-9-6-7-12(14)20-9/h3-7,15-16H,2,8H2,1H3. The van der Waals surface area contributed by atoms with Crippen LogP contribution in [0, 0.1) is 10.1 Å². The van der Waals surface area contributed by atoms with Crippen LogP contribution >= 0.6 is 27.3 Å². The molecule has 0 fully saturated rings. The number of para-hydroxylation sites is 1. The monoisotopic (exact) mass is 355 g/mol. The van der Waals surface area contributed by atoms with Gasteiger partial charge in [-0.3, -0.25) is 10.1 Å². The van der Waals surface area contributed by atoms with E-state index in [1.165, 1.54) is 0 Å². The molecule has 106 valence electrons. The van der Waals surface area contributed by atoms with E-state index in [1.54, 1.807) is 29.5 Å². The molecule has 5 nitrogen and oxygen atoms in total. The summed E-state index contributed by atoms with van der Waals surface area (Å²) in [7, 11) is 0. The molecule has 0 aliphatic heterocycles. The Morgan fingerprint density at radius 3 is 2.50 bits per heavy atom. The minimum Gasteiger partial charge on any atom is -0.380 e. The Labute approximate surface area is 129 Å². The van der Waals surface area contributed by atoms with Gasteiger partial charge in [-0.2, -0.15) is 0 Å². The van der Waals surface area contributed by atoms with E-state index in [2.05, 4.69) is 26.6 Å². The lowest BCUT2D eigenvalue weighted by Crippen LogP contribution is -2.06. The Morgan fingerprint density at radius 2 is 1.95 bits per heavy atom. The van der Waals surface area contributed by atoms with Crippen LogP contribution in [0.2, 0.25) is 0 Å². The third-order valence-corrected chi connectivity index (χ3v) is 4.29. The number of rotatable bonds is 6. The highest BCUT2D eigenvalue weighted by molar-refractivity contribution is 9.11. The fourth-order valence-corrected chi connectivity index (χ4v) is 3.27. The number of nitro groups is 1. The van der Waals surface area contributed by atoms with Gasteiger partial charge in [0.1, 0.15) is 11.4 Å². The number of hydrogen-bond acceptors (Lipinski definition) is 5. The van der Waals surface area contributed by atoms with E-state index < -0.39 is 0 Å². The predicted octanol–water partition coefficient (Wildman–Crippen LogP) is 4.46. The third kappa shape index (κ3) is 3.49. The number of benzene rings is 1. The van der Waals surface area contributed by atoms with Crippen LogP contribution in [0.4, 0.5) is 17.1 Å². The molecular formula is C13H14BrN3O2S. The lowest BCUT2D eigenvalue weighted by Gasteiger charge is -2.10. The zero-order valence-electron chi connectivity index (χ0n) is 10.9. The summed E-state index contributed by atoms with van der Waals surface area (Å²) >= 11 is 5.01. The number of hydrogen-bond donors (Lipinski definition) is 2. The molecule has 2 rings (SSSR count). The van der Waals surface area contributed by atoms with Gasteiger partial charge in [-0.1, -0.05) is 6.07 Å². The van der Waals surface area contributed by atoms with Gasteiger partial charge in [0.05, 0.1) is 8.71 Å². The van der Waals surface area contributed by atoms with E-state index in [-0.39, 0.29) is 10.6 Å². The minimum absolute atomic E-state index is 0.0879. The Balaban J connectivity index is 2.22. The van der Waals surface area contributed by atoms with Crippen molar-refractivity contribution in [3.8, 4) is 0 Å². The summed E-state index contributed by atoms with van der Waals surface area (Å²) in [5.41, 5.74) is 1.15. The predicted molar refractivity (Wildman–Crippen MR) is 86.6 cm³/mol. The fraction of sp³-hybridized carbons (Fsp3) is 0.231. The number of halogens is 1. The molecule has 0 atom stereocenters. The SMILES string of the molecule is CCNc1cccc(NCc2ccc(Br)s2)c1[N+](=O)[O-]. The Morgan fingerprint density at radius 1 is 1.25 bits per heavy atom. The maximum atomic E-state index is 11.3. The third-order valence-electron chi connectivity index (χ3n) is 2.67. The molecule has 0 unspecified atom stereocenters. The van der Waals surface area contributed by atoms with Crippen LogP contribution in [-0.4, -0.2) is 11.5 Å². The van der Waals surface area contributed by atoms with Crippen LogP contribution < -0.4 is 10.6 Å². The van der Waals surface area contributed by atoms with Crippen LogP contribution in [0.15, 0.2) is 34.1 Å². The molecule has 2 N–H and O–H groups in total. The van der Waals surface area contributed by atoms with Crippen LogP contribution in [-0.2, 0) is 6.54 Å². The topological polar surface area (TPSA) is 67.2 Å². The van der Waals surface area contributed by atoms with Crippen LogP contribution in [0.1, 0.15) is 11.8 Å². The Kier molecular flexibility index (Phi) is 4.97. The van der Waals surface area contributed by atoms with Crippen molar-refractivity contribution in [2.24, 2.45) is 0 Å². The first-order chi connectivity index (χ1) is 9.61. The number of nitrogens with one attached hydrogen (secondary N) is 2. The van der Waals surface area contributed by atoms with Gasteiger partial charge >= 0.3 is 5.69 Å². The maximum Gasteiger partial charge on any atom is 0.315 e. The summed E-state index contributed by atoms with van der Waals surface area (Å²) in [4.78, 5) is 12.0. The summed E-state index contributed by atoms with van der Waals surface area (Å²) in [6.45, 7) is 3.11. The lowest BCUT2D eigenvalue weighted by molar-refractivity contribution is -0.383. The van der Waals surface area contributed by atoms with Crippen molar-refractivity contribution in [1.82, 2.24) is 0 Å². The van der Waals surface area contributed by atoms with Crippen molar-refractivity contribution in [2.45, 2.75) is 13.5 Å². The highest BCUT2D eigenvalue weighted by atomic mass is 79.9. The minimum atomic E-state index is -0.356. The molecule has 7 heteroatoms. The van der Waals surface area contributed by atoms with Gasteiger partial charge in [0.15, 0.2) is 0 Å². The smallest absolute Gasteiger partial charge is 0.315 e. The quantitative estimate of drug-likeness (QED) is 0.592. The molecule has 0 saturated heterocycles. The average Bonchev–Trinajstić information content (AvgIpc) is 2.82. The van der Waals surface area contributed by atoms with Crippen molar-refractivity contribution in [3.63, 3.8) is 0 Å². The molecule has 2 aromatic rings. The summed E-state index contributed by atoms with van der Waals surface area (Å²) < 4.78 is 1.05. The molecule has 0 saturated carbocycles. The van der Waals surface area contributed by atoms with Gasteiger partial charge in [0.25, 0.3) is 0 Å². The van der Waals surface area contributed by atoms with Crippen molar-refractivity contribution in [2.75, 3.05) is 17.2 Å². The van der Waals surface area contributed by atoms with Gasteiger partial charge < -0.3 is 10.6 Å². The van der Waals surface area contributed by atoms with Gasteiger partial charge in [-0.05, 0) is 47.1 Å². The van der Waals surface area contributed by atoms with Crippen molar-refractivity contribution in [3.05, 3.63) is 49.1 Å². The van der Waals surface area contributed by atoms with Crippen molar-refractivity contribution < 1.29 is 4.92 Å². The molecular weight excluding hydrogens is 342 g/mol. The van der Waals surface area contributed by atoms with E-state index in [9.17, 15) is 10.1 Å². The maximum absolute atomic E-state index is 11.3. The van der Waals surface area contributed by atoms with E-state index in [1.807, 2.05) is 19.1 Å². The first-order valence-corrected chi connectivity index (χ1v) is 7.72. The number of anilines is 2. The Bertz CT molecular complexity index is 615. The van der Waals surface area contributed by atoms with E-state index in [0.29, 0.717) is 24.5 Å². The molecule has 1 heterocycles. The summed E-state index contributed by atoms with van der Waals surface area (Å²) in [6, 6.07) is 9.20. The molecule has 1 aromatic carbocycles. The van der Waals surface area contributed by atoms with Crippen LogP contribution in [0.5, 0.6) is 0 Å². The number of nitro benzene ring substituents is 1. The molecule has 1 aromatic heterocycles. The highest BCUT2D eigenvalue weighted by Crippen LogP contribution is 2.33. The zero-order chi connectivity index (χ0) is 14.5. The molecule has 0 radical (unpaired) electrons. The summed E-state index contributed by atoms with van der Waals surface area (Å²) in [5, 5.41) is 17.4. The Hall–Kier alpha value is -1.60. The van der Waals surface area contributed by atoms with Gasteiger partial charge in [0, 0.05) is 18.0 Å². The molecule has 0 amide bonds. The lowest BCUT2D eigenvalue weighted by atomic mass is 10.2. The van der Waals surface area contributed by atoms with Gasteiger partial charge in [-0.15, -0.1) is 11.3 Å². The van der Waals surface area contributed by atoms with Crippen LogP contribution in [0.25, 0.3) is 0 Å². The fourth-order valence-electron chi connectivity index (χ4n) is 1.85. The first-order valence-electron chi connectivity index (χ1n) is 6.11. The highest BCUT2D eigenvalue weighted by Gasteiger charge is 2.19. The van der Waals surface area contributed by atoms with Gasteiger partial charge in [-0.25, -0.2) is 0 Å². The second-order valence-corrected chi connectivity index (χ2v) is 6.60. The average molecular weight is 356 g/mol. The number of nitrogens with zero attached hydrogens (tertiary/aromatic N) is 1. The molecule has 0 bridgehead atoms. The van der Waals surface area contributed by atoms with E-state index >= 15 is 0 Å². The molecule has 20 heavy (non-hydrogen) atoms. The van der Waals surface area contributed by atoms with E-state index in [4.69, 9.17) is 0 Å². The molecule has 0 spiro atoms. The van der Waals surface area contributed by atoms with Gasteiger partial charge in [0.2, 0.25) is 0 Å². The summed E-state index contributed by atoms with van der Waals surface area (Å²) in [5.74, 6) is 0. The largest absolute Gasteiger partial charge is 0.380 e. The first kappa shape index (κ1) is 14.8. The molecule has 0 aliphatic rings. The van der Waals surface area contributed by atoms with E-state index in [0.717, 1.165) is 8.66 Å². The zero-order valence-corrected chi connectivity index (χ0v) is 13.3. The van der Waals surface area contributed by atoms with Crippen LogP contribution in [0.3, 0.4) is 0 Å². The number of thiophene rings is 1.